The van der Waals surface area contributed by atoms with Crippen LogP contribution >= 0.6 is 0 Å². The average Bonchev–Trinajstić information content (AvgIpc) is 3.26. The number of nitrogens with zero attached hydrogens (tertiary/aromatic N) is 5. The lowest BCUT2D eigenvalue weighted by Gasteiger charge is -2.30. The third-order valence-electron chi connectivity index (χ3n) is 5.82. The van der Waals surface area contributed by atoms with Gasteiger partial charge < -0.3 is 24.4 Å². The highest BCUT2D eigenvalue weighted by Gasteiger charge is 2.40. The normalized spacial score (nSPS) is 14.4. The molecule has 1 aliphatic heterocycles. The van der Waals surface area contributed by atoms with Gasteiger partial charge in [0.25, 0.3) is 0 Å². The molecule has 1 atom stereocenters. The van der Waals surface area contributed by atoms with Crippen molar-refractivity contribution in [3.05, 3.63) is 46.8 Å². The van der Waals surface area contributed by atoms with Crippen LogP contribution in [-0.2, 0) is 40.1 Å². The molecule has 3 rings (SSSR count). The van der Waals surface area contributed by atoms with Crippen molar-refractivity contribution in [3.63, 3.8) is 0 Å². The quantitative estimate of drug-likeness (QED) is 0.399. The van der Waals surface area contributed by atoms with Gasteiger partial charge in [-0.1, -0.05) is 0 Å². The highest BCUT2D eigenvalue weighted by Crippen LogP contribution is 2.29. The van der Waals surface area contributed by atoms with Crippen LogP contribution in [-0.4, -0.2) is 67.2 Å². The van der Waals surface area contributed by atoms with E-state index in [2.05, 4.69) is 15.5 Å². The molecule has 3 amide bonds. The Hall–Kier alpha value is -3.85. The van der Waals surface area contributed by atoms with Gasteiger partial charge in [-0.05, 0) is 33.8 Å². The summed E-state index contributed by atoms with van der Waals surface area (Å²) in [5, 5.41) is 8.99. The first-order valence-corrected chi connectivity index (χ1v) is 12.1. The number of hydrogen-bond acceptors (Lipinski definition) is 6. The molecule has 1 aromatic carbocycles. The molecule has 220 valence electrons. The lowest BCUT2D eigenvalue weighted by atomic mass is 10.1. The van der Waals surface area contributed by atoms with Crippen LogP contribution < -0.4 is 5.32 Å². The standard InChI is InChI=1S/C24H28F6N6O4/c1-13(31-22(39)40-23(2,3)4)20(38)35(11-14-9-16(26)17(27)10-15(14)25)6-5-19(37)34-7-8-36-18(12-34)32-33-21(36)24(28,29)30/h9-10,13H,5-8,11-12H2,1-4H3,(H,31,39). The number of carbonyl (C=O) groups excluding carboxylic acids is 3. The van der Waals surface area contributed by atoms with Crippen molar-refractivity contribution < 1.29 is 45.5 Å². The van der Waals surface area contributed by atoms with E-state index in [1.54, 1.807) is 20.8 Å². The van der Waals surface area contributed by atoms with E-state index in [9.17, 15) is 40.7 Å². The number of ether oxygens (including phenoxy) is 1. The van der Waals surface area contributed by atoms with Crippen LogP contribution in [0, 0.1) is 17.5 Å². The summed E-state index contributed by atoms with van der Waals surface area (Å²) in [5.41, 5.74) is -1.25. The van der Waals surface area contributed by atoms with Gasteiger partial charge in [-0.3, -0.25) is 9.59 Å². The molecule has 1 unspecified atom stereocenters. The Labute approximate surface area is 225 Å². The molecule has 0 spiro atoms. The second kappa shape index (κ2) is 11.7. The monoisotopic (exact) mass is 578 g/mol. The van der Waals surface area contributed by atoms with Gasteiger partial charge in [-0.25, -0.2) is 18.0 Å². The molecule has 10 nitrogen and oxygen atoms in total. The fourth-order valence-corrected chi connectivity index (χ4v) is 3.95. The third kappa shape index (κ3) is 7.63. The summed E-state index contributed by atoms with van der Waals surface area (Å²) in [7, 11) is 0. The Bertz CT molecular complexity index is 1280. The van der Waals surface area contributed by atoms with Gasteiger partial charge >= 0.3 is 12.3 Å². The smallest absolute Gasteiger partial charge is 0.444 e. The zero-order valence-corrected chi connectivity index (χ0v) is 22.1. The number of amides is 3. The molecule has 2 heterocycles. The number of fused-ring (bicyclic) bond motifs is 1. The van der Waals surface area contributed by atoms with E-state index < -0.39 is 65.5 Å². The van der Waals surface area contributed by atoms with Crippen molar-refractivity contribution in [2.75, 3.05) is 13.1 Å². The first kappa shape index (κ1) is 30.7. The number of hydrogen-bond donors (Lipinski definition) is 1. The van der Waals surface area contributed by atoms with Crippen LogP contribution in [0.4, 0.5) is 31.1 Å². The number of alkyl halides is 3. The number of nitrogens with one attached hydrogen (secondary N) is 1. The maximum absolute atomic E-state index is 14.4. The zero-order valence-electron chi connectivity index (χ0n) is 22.1. The molecule has 1 aliphatic rings. The summed E-state index contributed by atoms with van der Waals surface area (Å²) in [4.78, 5) is 40.4. The molecule has 0 saturated carbocycles. The third-order valence-corrected chi connectivity index (χ3v) is 5.82. The molecule has 0 bridgehead atoms. The van der Waals surface area contributed by atoms with Crippen molar-refractivity contribution in [1.29, 1.82) is 0 Å². The molecular formula is C24H28F6N6O4. The van der Waals surface area contributed by atoms with Gasteiger partial charge in [0, 0.05) is 44.2 Å². The Morgan fingerprint density at radius 3 is 2.33 bits per heavy atom. The molecule has 0 radical (unpaired) electrons. The lowest BCUT2D eigenvalue weighted by Crippen LogP contribution is -2.49. The minimum atomic E-state index is -4.71. The van der Waals surface area contributed by atoms with E-state index in [-0.39, 0.29) is 44.0 Å². The van der Waals surface area contributed by atoms with Crippen LogP contribution in [0.2, 0.25) is 0 Å². The summed E-state index contributed by atoms with van der Waals surface area (Å²) in [6.45, 7) is 4.67. The highest BCUT2D eigenvalue weighted by molar-refractivity contribution is 5.86. The van der Waals surface area contributed by atoms with Crippen LogP contribution in [0.1, 0.15) is 51.3 Å². The first-order valence-electron chi connectivity index (χ1n) is 12.1. The largest absolute Gasteiger partial charge is 0.451 e. The van der Waals surface area contributed by atoms with Crippen LogP contribution in [0.15, 0.2) is 12.1 Å². The van der Waals surface area contributed by atoms with Crippen molar-refractivity contribution in [2.45, 2.75) is 71.6 Å². The summed E-state index contributed by atoms with van der Waals surface area (Å²) in [6.07, 6.45) is -5.98. The van der Waals surface area contributed by atoms with Crippen LogP contribution in [0.25, 0.3) is 0 Å². The number of benzene rings is 1. The SMILES string of the molecule is CC(NC(=O)OC(C)(C)C)C(=O)N(CCC(=O)N1CCn2c(nnc2C(F)(F)F)C1)Cc1cc(F)c(F)cc1F. The Morgan fingerprint density at radius 1 is 1.05 bits per heavy atom. The maximum Gasteiger partial charge on any atom is 0.451 e. The minimum Gasteiger partial charge on any atom is -0.444 e. The van der Waals surface area contributed by atoms with E-state index in [1.807, 2.05) is 0 Å². The molecule has 1 aromatic heterocycles. The van der Waals surface area contributed by atoms with E-state index in [0.717, 1.165) is 9.47 Å². The van der Waals surface area contributed by atoms with Gasteiger partial charge in [-0.2, -0.15) is 13.2 Å². The summed E-state index contributed by atoms with van der Waals surface area (Å²) in [6, 6.07) is -0.318. The first-order chi connectivity index (χ1) is 18.5. The molecule has 0 fully saturated rings. The van der Waals surface area contributed by atoms with Crippen LogP contribution in [0.5, 0.6) is 0 Å². The summed E-state index contributed by atoms with van der Waals surface area (Å²) in [5.74, 6) is -6.50. The molecule has 40 heavy (non-hydrogen) atoms. The fourth-order valence-electron chi connectivity index (χ4n) is 3.95. The highest BCUT2D eigenvalue weighted by atomic mass is 19.4. The molecule has 0 saturated heterocycles. The molecule has 0 aliphatic carbocycles. The lowest BCUT2D eigenvalue weighted by molar-refractivity contribution is -0.148. The number of carbonyl (C=O) groups is 3. The van der Waals surface area contributed by atoms with Crippen molar-refractivity contribution in [2.24, 2.45) is 0 Å². The van der Waals surface area contributed by atoms with Gasteiger partial charge in [0.2, 0.25) is 17.6 Å². The maximum atomic E-state index is 14.4. The van der Waals surface area contributed by atoms with Crippen molar-refractivity contribution >= 4 is 17.9 Å². The van der Waals surface area contributed by atoms with E-state index >= 15 is 0 Å². The van der Waals surface area contributed by atoms with E-state index in [4.69, 9.17) is 4.74 Å². The average molecular weight is 579 g/mol. The van der Waals surface area contributed by atoms with Gasteiger partial charge in [-0.15, -0.1) is 10.2 Å². The number of aromatic nitrogens is 3. The minimum absolute atomic E-state index is 0.0705. The summed E-state index contributed by atoms with van der Waals surface area (Å²) < 4.78 is 86.8. The van der Waals surface area contributed by atoms with E-state index in [1.165, 1.54) is 11.8 Å². The van der Waals surface area contributed by atoms with E-state index in [0.29, 0.717) is 12.1 Å². The van der Waals surface area contributed by atoms with Crippen molar-refractivity contribution in [3.8, 4) is 0 Å². The number of halogens is 6. The number of alkyl carbamates (subject to hydrolysis) is 1. The topological polar surface area (TPSA) is 110 Å². The van der Waals surface area contributed by atoms with Gasteiger partial charge in [0.1, 0.15) is 17.5 Å². The fraction of sp³-hybridized carbons (Fsp3) is 0.542. The molecule has 1 N–H and O–H groups in total. The molecule has 16 heteroatoms. The van der Waals surface area contributed by atoms with Crippen molar-refractivity contribution in [1.82, 2.24) is 29.9 Å². The van der Waals surface area contributed by atoms with Gasteiger partial charge in [0.15, 0.2) is 17.5 Å². The Kier molecular flexibility index (Phi) is 8.99. The second-order valence-electron chi connectivity index (χ2n) is 10.1. The molecular weight excluding hydrogens is 550 g/mol. The Balaban J connectivity index is 1.73. The second-order valence-corrected chi connectivity index (χ2v) is 10.1. The molecule has 2 aromatic rings. The predicted molar refractivity (Wildman–Crippen MR) is 126 cm³/mol. The summed E-state index contributed by atoms with van der Waals surface area (Å²) >= 11 is 0. The Morgan fingerprint density at radius 2 is 1.70 bits per heavy atom. The van der Waals surface area contributed by atoms with Crippen LogP contribution in [0.3, 0.4) is 0 Å². The van der Waals surface area contributed by atoms with Gasteiger partial charge in [0.05, 0.1) is 6.54 Å². The number of rotatable bonds is 7. The predicted octanol–water partition coefficient (Wildman–Crippen LogP) is 3.39. The zero-order chi connectivity index (χ0) is 30.0.